The van der Waals surface area contributed by atoms with Gasteiger partial charge in [-0.1, -0.05) is 6.07 Å². The number of carboxylic acids is 1. The second-order valence-corrected chi connectivity index (χ2v) is 4.23. The number of oxazole rings is 1. The van der Waals surface area contributed by atoms with Gasteiger partial charge in [0.2, 0.25) is 0 Å². The molecular formula is C14H8F2N2O3. The maximum Gasteiger partial charge on any atom is 0.335 e. The van der Waals surface area contributed by atoms with Crippen molar-refractivity contribution in [1.82, 2.24) is 4.98 Å². The average molecular weight is 290 g/mol. The van der Waals surface area contributed by atoms with Gasteiger partial charge in [-0.05, 0) is 30.3 Å². The number of carbonyl (C=O) groups is 1. The van der Waals surface area contributed by atoms with Crippen molar-refractivity contribution in [3.8, 4) is 0 Å². The van der Waals surface area contributed by atoms with Crippen LogP contribution >= 0.6 is 0 Å². The zero-order valence-electron chi connectivity index (χ0n) is 10.4. The van der Waals surface area contributed by atoms with Gasteiger partial charge in [0.05, 0.1) is 11.3 Å². The first-order valence-electron chi connectivity index (χ1n) is 5.89. The van der Waals surface area contributed by atoms with E-state index in [1.54, 1.807) is 0 Å². The molecule has 0 atom stereocenters. The van der Waals surface area contributed by atoms with Crippen molar-refractivity contribution >= 4 is 28.8 Å². The molecule has 21 heavy (non-hydrogen) atoms. The summed E-state index contributed by atoms with van der Waals surface area (Å²) in [6.07, 6.45) is 0. The van der Waals surface area contributed by atoms with Crippen LogP contribution in [0.15, 0.2) is 40.8 Å². The maximum atomic E-state index is 13.5. The largest absolute Gasteiger partial charge is 0.478 e. The molecule has 0 aliphatic carbocycles. The Labute approximate surface area is 116 Å². The molecule has 0 bridgehead atoms. The molecular weight excluding hydrogens is 282 g/mol. The van der Waals surface area contributed by atoms with E-state index in [1.165, 1.54) is 30.3 Å². The van der Waals surface area contributed by atoms with E-state index in [4.69, 9.17) is 9.52 Å². The van der Waals surface area contributed by atoms with Crippen molar-refractivity contribution in [2.24, 2.45) is 0 Å². The van der Waals surface area contributed by atoms with E-state index >= 15 is 0 Å². The van der Waals surface area contributed by atoms with Gasteiger partial charge in [-0.15, -0.1) is 0 Å². The summed E-state index contributed by atoms with van der Waals surface area (Å²) < 4.78 is 31.9. The number of rotatable bonds is 3. The van der Waals surface area contributed by atoms with Crippen LogP contribution in [0, 0.1) is 11.6 Å². The second kappa shape index (κ2) is 4.86. The molecule has 0 amide bonds. The lowest BCUT2D eigenvalue weighted by atomic mass is 10.2. The van der Waals surface area contributed by atoms with Gasteiger partial charge in [-0.25, -0.2) is 13.6 Å². The summed E-state index contributed by atoms with van der Waals surface area (Å²) in [5.74, 6) is -3.14. The molecule has 0 saturated heterocycles. The third-order valence-corrected chi connectivity index (χ3v) is 2.83. The number of fused-ring (bicyclic) bond motifs is 1. The van der Waals surface area contributed by atoms with Crippen molar-refractivity contribution in [2.75, 3.05) is 5.32 Å². The number of anilines is 2. The molecule has 0 unspecified atom stereocenters. The van der Waals surface area contributed by atoms with Gasteiger partial charge in [0, 0.05) is 0 Å². The van der Waals surface area contributed by atoms with Crippen LogP contribution in [0.1, 0.15) is 10.4 Å². The van der Waals surface area contributed by atoms with E-state index in [2.05, 4.69) is 10.3 Å². The summed E-state index contributed by atoms with van der Waals surface area (Å²) in [4.78, 5) is 14.9. The van der Waals surface area contributed by atoms with E-state index in [-0.39, 0.29) is 22.8 Å². The van der Waals surface area contributed by atoms with Crippen molar-refractivity contribution in [1.29, 1.82) is 0 Å². The smallest absolute Gasteiger partial charge is 0.335 e. The fraction of sp³-hybridized carbons (Fsp3) is 0. The number of carboxylic acid groups (broad SMARTS) is 1. The molecule has 5 nitrogen and oxygen atoms in total. The van der Waals surface area contributed by atoms with Crippen LogP contribution < -0.4 is 5.32 Å². The van der Waals surface area contributed by atoms with Gasteiger partial charge in [0.15, 0.2) is 17.2 Å². The first-order chi connectivity index (χ1) is 10.0. The van der Waals surface area contributed by atoms with Gasteiger partial charge >= 0.3 is 5.97 Å². The van der Waals surface area contributed by atoms with Gasteiger partial charge in [-0.2, -0.15) is 4.98 Å². The van der Waals surface area contributed by atoms with Crippen molar-refractivity contribution < 1.29 is 23.1 Å². The molecule has 0 aliphatic heterocycles. The van der Waals surface area contributed by atoms with Crippen molar-refractivity contribution in [3.05, 3.63) is 53.6 Å². The quantitative estimate of drug-likeness (QED) is 0.771. The molecule has 0 spiro atoms. The van der Waals surface area contributed by atoms with Crippen LogP contribution in [-0.2, 0) is 0 Å². The summed E-state index contributed by atoms with van der Waals surface area (Å²) in [7, 11) is 0. The Bertz CT molecular complexity index is 845. The molecule has 1 aromatic heterocycles. The molecule has 2 aromatic carbocycles. The van der Waals surface area contributed by atoms with E-state index in [1.807, 2.05) is 0 Å². The first-order valence-corrected chi connectivity index (χ1v) is 5.89. The number of hydrogen-bond donors (Lipinski definition) is 2. The molecule has 1 heterocycles. The lowest BCUT2D eigenvalue weighted by Gasteiger charge is -2.02. The second-order valence-electron chi connectivity index (χ2n) is 4.23. The van der Waals surface area contributed by atoms with Crippen LogP contribution in [-0.4, -0.2) is 16.1 Å². The number of aromatic carboxylic acids is 1. The number of nitrogens with one attached hydrogen (secondary N) is 1. The Hall–Kier alpha value is -2.96. The maximum absolute atomic E-state index is 13.5. The van der Waals surface area contributed by atoms with E-state index in [0.717, 1.165) is 6.07 Å². The Kier molecular flexibility index (Phi) is 3.02. The van der Waals surface area contributed by atoms with Crippen LogP contribution in [0.25, 0.3) is 11.1 Å². The zero-order valence-corrected chi connectivity index (χ0v) is 10.4. The molecule has 0 saturated carbocycles. The SMILES string of the molecule is O=C(O)c1ccc2nc(Nc3cccc(F)c3F)oc2c1. The van der Waals surface area contributed by atoms with Gasteiger partial charge in [0.25, 0.3) is 6.01 Å². The summed E-state index contributed by atoms with van der Waals surface area (Å²) in [6, 6.07) is 7.75. The predicted molar refractivity (Wildman–Crippen MR) is 70.6 cm³/mol. The number of halogens is 2. The van der Waals surface area contributed by atoms with Crippen LogP contribution in [0.4, 0.5) is 20.5 Å². The van der Waals surface area contributed by atoms with Gasteiger partial charge in [-0.3, -0.25) is 0 Å². The minimum Gasteiger partial charge on any atom is -0.478 e. The fourth-order valence-electron chi connectivity index (χ4n) is 1.83. The highest BCUT2D eigenvalue weighted by atomic mass is 19.2. The highest BCUT2D eigenvalue weighted by Gasteiger charge is 2.13. The standard InChI is InChI=1S/C14H8F2N2O3/c15-8-2-1-3-10(12(8)16)18-14-17-9-5-4-7(13(19)20)6-11(9)21-14/h1-6H,(H,17,18)(H,19,20). The van der Waals surface area contributed by atoms with Gasteiger partial charge < -0.3 is 14.8 Å². The highest BCUT2D eigenvalue weighted by molar-refractivity contribution is 5.92. The Morgan fingerprint density at radius 1 is 1.24 bits per heavy atom. The molecule has 0 fully saturated rings. The monoisotopic (exact) mass is 290 g/mol. The molecule has 7 heteroatoms. The van der Waals surface area contributed by atoms with E-state index in [0.29, 0.717) is 5.52 Å². The number of aromatic nitrogens is 1. The molecule has 3 aromatic rings. The minimum atomic E-state index is -1.10. The third-order valence-electron chi connectivity index (χ3n) is 2.83. The number of nitrogens with zero attached hydrogens (tertiary/aromatic N) is 1. The highest BCUT2D eigenvalue weighted by Crippen LogP contribution is 2.25. The van der Waals surface area contributed by atoms with Crippen molar-refractivity contribution in [2.45, 2.75) is 0 Å². The topological polar surface area (TPSA) is 75.4 Å². The summed E-state index contributed by atoms with van der Waals surface area (Å²) in [5, 5.41) is 11.4. The first kappa shape index (κ1) is 13.0. The molecule has 3 rings (SSSR count). The number of hydrogen-bond acceptors (Lipinski definition) is 4. The van der Waals surface area contributed by atoms with Crippen LogP contribution in [0.3, 0.4) is 0 Å². The third kappa shape index (κ3) is 2.40. The lowest BCUT2D eigenvalue weighted by molar-refractivity contribution is 0.0697. The van der Waals surface area contributed by atoms with E-state index in [9.17, 15) is 13.6 Å². The van der Waals surface area contributed by atoms with Crippen molar-refractivity contribution in [3.63, 3.8) is 0 Å². The fourth-order valence-corrected chi connectivity index (χ4v) is 1.83. The molecule has 106 valence electrons. The summed E-state index contributed by atoms with van der Waals surface area (Å²) >= 11 is 0. The van der Waals surface area contributed by atoms with Crippen LogP contribution in [0.5, 0.6) is 0 Å². The number of benzene rings is 2. The Morgan fingerprint density at radius 2 is 2.05 bits per heavy atom. The molecule has 0 radical (unpaired) electrons. The lowest BCUT2D eigenvalue weighted by Crippen LogP contribution is -1.95. The van der Waals surface area contributed by atoms with Crippen LogP contribution in [0.2, 0.25) is 0 Å². The normalized spacial score (nSPS) is 10.8. The molecule has 0 aliphatic rings. The minimum absolute atomic E-state index is 0.0436. The zero-order chi connectivity index (χ0) is 15.0. The molecule has 2 N–H and O–H groups in total. The predicted octanol–water partition coefficient (Wildman–Crippen LogP) is 3.55. The van der Waals surface area contributed by atoms with E-state index < -0.39 is 17.6 Å². The van der Waals surface area contributed by atoms with Gasteiger partial charge in [0.1, 0.15) is 5.52 Å². The summed E-state index contributed by atoms with van der Waals surface area (Å²) in [5.41, 5.74) is 0.552. The average Bonchev–Trinajstić information content (AvgIpc) is 2.85. The Balaban J connectivity index is 1.98. The summed E-state index contributed by atoms with van der Waals surface area (Å²) in [6.45, 7) is 0. The Morgan fingerprint density at radius 3 is 2.81 bits per heavy atom.